The predicted molar refractivity (Wildman–Crippen MR) is 125 cm³/mol. The number of aryl methyl sites for hydroxylation is 1. The maximum atomic E-state index is 12.4. The lowest BCUT2D eigenvalue weighted by Gasteiger charge is -2.27. The highest BCUT2D eigenvalue weighted by atomic mass is 16.6. The second kappa shape index (κ2) is 11.2. The van der Waals surface area contributed by atoms with Crippen molar-refractivity contribution in [1.29, 1.82) is 0 Å². The molecule has 1 fully saturated rings. The van der Waals surface area contributed by atoms with Crippen molar-refractivity contribution >= 4 is 12.1 Å². The van der Waals surface area contributed by atoms with E-state index in [0.29, 0.717) is 6.42 Å². The van der Waals surface area contributed by atoms with Crippen LogP contribution in [0.15, 0.2) is 30.5 Å². The number of benzene rings is 1. The molecule has 3 atom stereocenters. The average Bonchev–Trinajstić information content (AvgIpc) is 3.18. The van der Waals surface area contributed by atoms with Gasteiger partial charge >= 0.3 is 12.1 Å². The van der Waals surface area contributed by atoms with Crippen molar-refractivity contribution < 1.29 is 24.2 Å². The molecule has 1 amide bonds. The normalized spacial score (nSPS) is 19.0. The fraction of sp³-hybridized carbons (Fsp3) is 0.560. The van der Waals surface area contributed by atoms with Crippen LogP contribution >= 0.6 is 0 Å². The van der Waals surface area contributed by atoms with Gasteiger partial charge in [-0.2, -0.15) is 5.10 Å². The molecule has 1 saturated carbocycles. The van der Waals surface area contributed by atoms with Crippen LogP contribution in [0.5, 0.6) is 5.75 Å². The maximum Gasteiger partial charge on any atom is 0.410 e. The monoisotopic (exact) mass is 457 g/mol. The van der Waals surface area contributed by atoms with Crippen LogP contribution in [0.3, 0.4) is 0 Å². The number of rotatable bonds is 9. The molecule has 0 radical (unpaired) electrons. The van der Waals surface area contributed by atoms with Crippen molar-refractivity contribution in [2.45, 2.75) is 71.1 Å². The maximum absolute atomic E-state index is 12.4. The fourth-order valence-electron chi connectivity index (χ4n) is 4.28. The molecule has 1 aliphatic carbocycles. The van der Waals surface area contributed by atoms with Crippen molar-refractivity contribution in [1.82, 2.24) is 14.7 Å². The lowest BCUT2D eigenvalue weighted by molar-refractivity contribution is -0.143. The van der Waals surface area contributed by atoms with Crippen LogP contribution in [-0.2, 0) is 23.2 Å². The minimum Gasteiger partial charge on any atom is -0.490 e. The standard InChI is InChI=1S/C25H35N3O5/c1-5-7-17(2)27(3)25(31)32-16-23-22(15-26-28(23)4)18-10-12-20(13-11-18)33-21-9-6-8-19(14-21)24(29)30/h10-13,15,17,19,21H,5-9,14,16H2,1-4H3,(H,29,30)/t17?,19-,21-/m0/s1. The molecule has 8 heteroatoms. The molecule has 8 nitrogen and oxygen atoms in total. The number of carboxylic acids is 1. The molecule has 0 aliphatic heterocycles. The van der Waals surface area contributed by atoms with Gasteiger partial charge in [0.15, 0.2) is 0 Å². The Labute approximate surface area is 195 Å². The molecular formula is C25H35N3O5. The third-order valence-corrected chi connectivity index (χ3v) is 6.49. The molecule has 1 aromatic heterocycles. The number of aliphatic carboxylic acids is 1. The van der Waals surface area contributed by atoms with Gasteiger partial charge < -0.3 is 19.5 Å². The summed E-state index contributed by atoms with van der Waals surface area (Å²) in [6.07, 6.45) is 6.26. The van der Waals surface area contributed by atoms with Gasteiger partial charge in [0.25, 0.3) is 0 Å². The molecule has 0 bridgehead atoms. The third kappa shape index (κ3) is 6.27. The van der Waals surface area contributed by atoms with E-state index in [-0.39, 0.29) is 30.8 Å². The Hall–Kier alpha value is -3.03. The topological polar surface area (TPSA) is 93.9 Å². The van der Waals surface area contributed by atoms with Crippen LogP contribution in [0.4, 0.5) is 4.79 Å². The molecule has 33 heavy (non-hydrogen) atoms. The highest BCUT2D eigenvalue weighted by Crippen LogP contribution is 2.30. The number of amides is 1. The van der Waals surface area contributed by atoms with Crippen molar-refractivity contribution in [3.8, 4) is 16.9 Å². The molecule has 3 rings (SSSR count). The number of hydrogen-bond donors (Lipinski definition) is 1. The molecule has 180 valence electrons. The Morgan fingerprint density at radius 3 is 2.67 bits per heavy atom. The summed E-state index contributed by atoms with van der Waals surface area (Å²) in [5.41, 5.74) is 2.65. The smallest absolute Gasteiger partial charge is 0.410 e. The lowest BCUT2D eigenvalue weighted by atomic mass is 9.87. The first-order valence-corrected chi connectivity index (χ1v) is 11.7. The van der Waals surface area contributed by atoms with Crippen LogP contribution in [0.25, 0.3) is 11.1 Å². The van der Waals surface area contributed by atoms with E-state index >= 15 is 0 Å². The predicted octanol–water partition coefficient (Wildman–Crippen LogP) is 4.87. The molecule has 1 aromatic carbocycles. The van der Waals surface area contributed by atoms with Gasteiger partial charge in [0, 0.05) is 25.7 Å². The van der Waals surface area contributed by atoms with Crippen molar-refractivity contribution in [3.05, 3.63) is 36.2 Å². The van der Waals surface area contributed by atoms with E-state index in [1.807, 2.05) is 38.2 Å². The zero-order valence-electron chi connectivity index (χ0n) is 20.0. The number of nitrogens with zero attached hydrogens (tertiary/aromatic N) is 3. The van der Waals surface area contributed by atoms with Crippen molar-refractivity contribution in [3.63, 3.8) is 0 Å². The summed E-state index contributed by atoms with van der Waals surface area (Å²) >= 11 is 0. The van der Waals surface area contributed by atoms with E-state index in [2.05, 4.69) is 12.0 Å². The number of carbonyl (C=O) groups is 2. The van der Waals surface area contributed by atoms with Crippen LogP contribution in [0, 0.1) is 5.92 Å². The second-order valence-corrected chi connectivity index (χ2v) is 8.90. The highest BCUT2D eigenvalue weighted by Gasteiger charge is 2.28. The number of carbonyl (C=O) groups excluding carboxylic acids is 1. The number of ether oxygens (including phenoxy) is 2. The lowest BCUT2D eigenvalue weighted by Crippen LogP contribution is -2.35. The Morgan fingerprint density at radius 1 is 1.27 bits per heavy atom. The quantitative estimate of drug-likeness (QED) is 0.578. The van der Waals surface area contributed by atoms with E-state index < -0.39 is 5.97 Å². The summed E-state index contributed by atoms with van der Waals surface area (Å²) in [6, 6.07) is 7.80. The fourth-order valence-corrected chi connectivity index (χ4v) is 4.28. The Balaban J connectivity index is 1.63. The van der Waals surface area contributed by atoms with E-state index in [4.69, 9.17) is 9.47 Å². The highest BCUT2D eigenvalue weighted by molar-refractivity contribution is 5.70. The SMILES string of the molecule is CCCC(C)N(C)C(=O)OCc1c(-c2ccc(O[C@H]3CCC[C@H](C(=O)O)C3)cc2)cnn1C. The molecule has 0 spiro atoms. The van der Waals surface area contributed by atoms with Gasteiger partial charge in [-0.3, -0.25) is 9.48 Å². The van der Waals surface area contributed by atoms with Gasteiger partial charge in [0.2, 0.25) is 0 Å². The van der Waals surface area contributed by atoms with Crippen LogP contribution in [0.2, 0.25) is 0 Å². The summed E-state index contributed by atoms with van der Waals surface area (Å²) in [5.74, 6) is -0.347. The first kappa shape index (κ1) is 24.6. The largest absolute Gasteiger partial charge is 0.490 e. The minimum absolute atomic E-state index is 0.0776. The van der Waals surface area contributed by atoms with Crippen molar-refractivity contribution in [2.75, 3.05) is 7.05 Å². The third-order valence-electron chi connectivity index (χ3n) is 6.49. The van der Waals surface area contributed by atoms with Gasteiger partial charge in [-0.1, -0.05) is 25.5 Å². The van der Waals surface area contributed by atoms with Crippen LogP contribution in [-0.4, -0.2) is 51.0 Å². The van der Waals surface area contributed by atoms with E-state index in [0.717, 1.165) is 54.7 Å². The summed E-state index contributed by atoms with van der Waals surface area (Å²) in [6.45, 7) is 4.24. The summed E-state index contributed by atoms with van der Waals surface area (Å²) < 4.78 is 13.3. The molecule has 1 unspecified atom stereocenters. The second-order valence-electron chi connectivity index (χ2n) is 8.90. The minimum atomic E-state index is -0.741. The molecule has 2 aromatic rings. The van der Waals surface area contributed by atoms with Crippen LogP contribution < -0.4 is 4.74 Å². The molecule has 1 heterocycles. The first-order valence-electron chi connectivity index (χ1n) is 11.7. The Morgan fingerprint density at radius 2 is 2.00 bits per heavy atom. The van der Waals surface area contributed by atoms with Gasteiger partial charge in [0.05, 0.1) is 23.9 Å². The molecule has 1 N–H and O–H groups in total. The van der Waals surface area contributed by atoms with Crippen LogP contribution in [0.1, 0.15) is 58.1 Å². The Kier molecular flexibility index (Phi) is 8.36. The molecule has 0 saturated heterocycles. The molecule has 1 aliphatic rings. The molecular weight excluding hydrogens is 422 g/mol. The summed E-state index contributed by atoms with van der Waals surface area (Å²) in [7, 11) is 3.59. The zero-order chi connectivity index (χ0) is 24.0. The number of carboxylic acid groups (broad SMARTS) is 1. The number of hydrogen-bond acceptors (Lipinski definition) is 5. The van der Waals surface area contributed by atoms with E-state index in [1.54, 1.807) is 22.8 Å². The Bertz CT molecular complexity index is 940. The van der Waals surface area contributed by atoms with Gasteiger partial charge in [-0.05, 0) is 56.7 Å². The van der Waals surface area contributed by atoms with Crippen molar-refractivity contribution in [2.24, 2.45) is 13.0 Å². The van der Waals surface area contributed by atoms with Gasteiger partial charge in [-0.25, -0.2) is 4.79 Å². The first-order chi connectivity index (χ1) is 15.8. The average molecular weight is 458 g/mol. The van der Waals surface area contributed by atoms with E-state index in [1.165, 1.54) is 0 Å². The van der Waals surface area contributed by atoms with E-state index in [9.17, 15) is 14.7 Å². The van der Waals surface area contributed by atoms with Gasteiger partial charge in [0.1, 0.15) is 12.4 Å². The summed E-state index contributed by atoms with van der Waals surface area (Å²) in [4.78, 5) is 25.3. The summed E-state index contributed by atoms with van der Waals surface area (Å²) in [5, 5.41) is 13.6. The zero-order valence-corrected chi connectivity index (χ0v) is 20.0. The van der Waals surface area contributed by atoms with Gasteiger partial charge in [-0.15, -0.1) is 0 Å². The number of aromatic nitrogens is 2.